The fourth-order valence-corrected chi connectivity index (χ4v) is 3.65. The van der Waals surface area contributed by atoms with Crippen molar-refractivity contribution in [1.82, 2.24) is 20.0 Å². The first-order chi connectivity index (χ1) is 14.1. The monoisotopic (exact) mass is 390 g/mol. The van der Waals surface area contributed by atoms with E-state index in [-0.39, 0.29) is 29.8 Å². The fourth-order valence-electron chi connectivity index (χ4n) is 3.65. The molecule has 7 nitrogen and oxygen atoms in total. The van der Waals surface area contributed by atoms with Crippen LogP contribution in [0.1, 0.15) is 23.2 Å². The molecule has 0 saturated carbocycles. The van der Waals surface area contributed by atoms with E-state index in [0.29, 0.717) is 42.4 Å². The second-order valence-electron chi connectivity index (χ2n) is 7.18. The molecule has 2 amide bonds. The normalized spacial score (nSPS) is 14.7. The van der Waals surface area contributed by atoms with Gasteiger partial charge in [0.15, 0.2) is 0 Å². The number of hydrogen-bond acceptors (Lipinski definition) is 4. The van der Waals surface area contributed by atoms with Gasteiger partial charge in [0.25, 0.3) is 5.91 Å². The number of piperidine rings is 1. The molecular formula is C22H22N4O3. The second kappa shape index (κ2) is 8.26. The third kappa shape index (κ3) is 4.18. The molecule has 0 spiro atoms. The van der Waals surface area contributed by atoms with E-state index in [4.69, 9.17) is 0 Å². The highest BCUT2D eigenvalue weighted by molar-refractivity contribution is 5.94. The number of fused-ring (bicyclic) bond motifs is 1. The van der Waals surface area contributed by atoms with Gasteiger partial charge in [-0.1, -0.05) is 30.3 Å². The van der Waals surface area contributed by atoms with Gasteiger partial charge in [0, 0.05) is 30.1 Å². The molecule has 0 aliphatic carbocycles. The van der Waals surface area contributed by atoms with E-state index >= 15 is 0 Å². The number of nitrogens with zero attached hydrogens (tertiary/aromatic N) is 3. The molecule has 1 fully saturated rings. The molecule has 0 bridgehead atoms. The summed E-state index contributed by atoms with van der Waals surface area (Å²) in [7, 11) is 0. The number of likely N-dealkylation sites (tertiary alicyclic amines) is 1. The highest BCUT2D eigenvalue weighted by atomic mass is 16.2. The van der Waals surface area contributed by atoms with E-state index < -0.39 is 0 Å². The Morgan fingerprint density at radius 2 is 1.69 bits per heavy atom. The maximum Gasteiger partial charge on any atom is 0.251 e. The van der Waals surface area contributed by atoms with Crippen molar-refractivity contribution in [2.45, 2.75) is 25.4 Å². The summed E-state index contributed by atoms with van der Waals surface area (Å²) in [6.45, 7) is 1.25. The van der Waals surface area contributed by atoms with E-state index in [9.17, 15) is 14.4 Å². The Bertz CT molecular complexity index is 1090. The Morgan fingerprint density at radius 1 is 1.00 bits per heavy atom. The lowest BCUT2D eigenvalue weighted by Crippen LogP contribution is -2.47. The molecule has 29 heavy (non-hydrogen) atoms. The number of nitrogens with one attached hydrogen (secondary N) is 1. The van der Waals surface area contributed by atoms with E-state index in [1.165, 1.54) is 6.20 Å². The molecule has 0 atom stereocenters. The van der Waals surface area contributed by atoms with Crippen LogP contribution in [0.5, 0.6) is 0 Å². The van der Waals surface area contributed by atoms with Crippen molar-refractivity contribution in [3.63, 3.8) is 0 Å². The molecule has 0 unspecified atom stereocenters. The molecule has 1 N–H and O–H groups in total. The largest absolute Gasteiger partial charge is 0.349 e. The van der Waals surface area contributed by atoms with Crippen molar-refractivity contribution in [2.75, 3.05) is 13.1 Å². The Kier molecular flexibility index (Phi) is 5.37. The van der Waals surface area contributed by atoms with Crippen LogP contribution < -0.4 is 10.7 Å². The minimum absolute atomic E-state index is 0.0425. The van der Waals surface area contributed by atoms with E-state index in [0.717, 1.165) is 0 Å². The highest BCUT2D eigenvalue weighted by Gasteiger charge is 2.24. The lowest BCUT2D eigenvalue weighted by Gasteiger charge is -2.32. The van der Waals surface area contributed by atoms with Crippen molar-refractivity contribution >= 4 is 22.7 Å². The summed E-state index contributed by atoms with van der Waals surface area (Å²) in [5.74, 6) is -0.126. The first kappa shape index (κ1) is 18.9. The number of benzene rings is 2. The summed E-state index contributed by atoms with van der Waals surface area (Å²) in [6, 6.07) is 16.3. The lowest BCUT2D eigenvalue weighted by molar-refractivity contribution is -0.133. The summed E-state index contributed by atoms with van der Waals surface area (Å²) in [4.78, 5) is 38.8. The van der Waals surface area contributed by atoms with Gasteiger partial charge in [-0.15, -0.1) is 0 Å². The maximum absolute atomic E-state index is 12.7. The average molecular weight is 390 g/mol. The van der Waals surface area contributed by atoms with Crippen LogP contribution >= 0.6 is 0 Å². The summed E-state index contributed by atoms with van der Waals surface area (Å²) in [6.07, 6.45) is 2.67. The number of aromatic nitrogens is 2. The third-order valence-corrected chi connectivity index (χ3v) is 5.27. The molecule has 2 aromatic carbocycles. The predicted molar refractivity (Wildman–Crippen MR) is 110 cm³/mol. The molecule has 148 valence electrons. The van der Waals surface area contributed by atoms with Crippen LogP contribution in [0, 0.1) is 0 Å². The quantitative estimate of drug-likeness (QED) is 0.737. The van der Waals surface area contributed by atoms with Crippen LogP contribution in [0.4, 0.5) is 0 Å². The van der Waals surface area contributed by atoms with Gasteiger partial charge in [0.2, 0.25) is 11.3 Å². The molecule has 1 aromatic heterocycles. The second-order valence-corrected chi connectivity index (χ2v) is 7.18. The smallest absolute Gasteiger partial charge is 0.251 e. The zero-order valence-electron chi connectivity index (χ0n) is 16.0. The van der Waals surface area contributed by atoms with Gasteiger partial charge in [-0.3, -0.25) is 19.1 Å². The standard InChI is InChI=1S/C22H22N4O3/c27-20-14-23-26(19-9-5-4-8-18(19)20)15-21(28)25-12-10-17(11-13-25)24-22(29)16-6-2-1-3-7-16/h1-9,14,17H,10-13,15H2,(H,24,29). The fraction of sp³-hybridized carbons (Fsp3) is 0.273. The summed E-state index contributed by atoms with van der Waals surface area (Å²) < 4.78 is 1.57. The van der Waals surface area contributed by atoms with Gasteiger partial charge in [-0.05, 0) is 37.1 Å². The molecule has 7 heteroatoms. The Balaban J connectivity index is 1.36. The molecule has 1 aliphatic heterocycles. The number of rotatable bonds is 4. The molecule has 0 radical (unpaired) electrons. The van der Waals surface area contributed by atoms with Gasteiger partial charge in [-0.25, -0.2) is 0 Å². The average Bonchev–Trinajstić information content (AvgIpc) is 2.77. The first-order valence-corrected chi connectivity index (χ1v) is 9.70. The van der Waals surface area contributed by atoms with Gasteiger partial charge >= 0.3 is 0 Å². The van der Waals surface area contributed by atoms with Crippen LogP contribution in [0.25, 0.3) is 10.9 Å². The number of carbonyl (C=O) groups excluding carboxylic acids is 2. The Hall–Kier alpha value is -3.48. The van der Waals surface area contributed by atoms with Crippen molar-refractivity contribution in [2.24, 2.45) is 0 Å². The number of hydrogen-bond donors (Lipinski definition) is 1. The number of carbonyl (C=O) groups is 2. The number of para-hydroxylation sites is 1. The van der Waals surface area contributed by atoms with Gasteiger partial charge in [-0.2, -0.15) is 5.10 Å². The van der Waals surface area contributed by atoms with Crippen molar-refractivity contribution in [3.05, 3.63) is 76.6 Å². The summed E-state index contributed by atoms with van der Waals surface area (Å²) in [5, 5.41) is 7.73. The summed E-state index contributed by atoms with van der Waals surface area (Å²) >= 11 is 0. The van der Waals surface area contributed by atoms with Crippen LogP contribution in [-0.4, -0.2) is 45.6 Å². The third-order valence-electron chi connectivity index (χ3n) is 5.27. The summed E-state index contributed by atoms with van der Waals surface area (Å²) in [5.41, 5.74) is 1.14. The van der Waals surface area contributed by atoms with Crippen molar-refractivity contribution in [3.8, 4) is 0 Å². The van der Waals surface area contributed by atoms with Crippen LogP contribution in [0.15, 0.2) is 65.6 Å². The van der Waals surface area contributed by atoms with Crippen LogP contribution in [-0.2, 0) is 11.3 Å². The van der Waals surface area contributed by atoms with Crippen molar-refractivity contribution in [1.29, 1.82) is 0 Å². The van der Waals surface area contributed by atoms with Gasteiger partial charge in [0.1, 0.15) is 6.54 Å². The molecule has 4 rings (SSSR count). The Labute approximate surface area is 167 Å². The highest BCUT2D eigenvalue weighted by Crippen LogP contribution is 2.13. The first-order valence-electron chi connectivity index (χ1n) is 9.70. The Morgan fingerprint density at radius 3 is 2.45 bits per heavy atom. The molecule has 1 saturated heterocycles. The molecule has 2 heterocycles. The van der Waals surface area contributed by atoms with E-state index in [1.54, 1.807) is 39.9 Å². The number of amides is 2. The molecular weight excluding hydrogens is 368 g/mol. The zero-order chi connectivity index (χ0) is 20.2. The van der Waals surface area contributed by atoms with Gasteiger partial charge < -0.3 is 10.2 Å². The minimum Gasteiger partial charge on any atom is -0.349 e. The van der Waals surface area contributed by atoms with Crippen LogP contribution in [0.3, 0.4) is 0 Å². The lowest BCUT2D eigenvalue weighted by atomic mass is 10.0. The van der Waals surface area contributed by atoms with Gasteiger partial charge in [0.05, 0.1) is 11.7 Å². The molecule has 1 aliphatic rings. The zero-order valence-corrected chi connectivity index (χ0v) is 16.0. The predicted octanol–water partition coefficient (Wildman–Crippen LogP) is 1.82. The minimum atomic E-state index is -0.153. The van der Waals surface area contributed by atoms with E-state index in [1.807, 2.05) is 24.3 Å². The van der Waals surface area contributed by atoms with E-state index in [2.05, 4.69) is 10.4 Å². The SMILES string of the molecule is O=C(NC1CCN(C(=O)Cn2ncc(=O)c3ccccc32)CC1)c1ccccc1. The molecule has 3 aromatic rings. The van der Waals surface area contributed by atoms with Crippen LogP contribution in [0.2, 0.25) is 0 Å². The topological polar surface area (TPSA) is 84.3 Å². The maximum atomic E-state index is 12.7. The van der Waals surface area contributed by atoms with Crippen molar-refractivity contribution < 1.29 is 9.59 Å².